The predicted octanol–water partition coefficient (Wildman–Crippen LogP) is 4.68. The molecule has 2 aromatic rings. The fourth-order valence-corrected chi connectivity index (χ4v) is 4.00. The number of benzene rings is 2. The van der Waals surface area contributed by atoms with Crippen molar-refractivity contribution in [2.75, 3.05) is 13.1 Å². The van der Waals surface area contributed by atoms with Crippen LogP contribution in [0.5, 0.6) is 0 Å². The van der Waals surface area contributed by atoms with E-state index in [1.165, 1.54) is 0 Å². The Morgan fingerprint density at radius 1 is 0.867 bits per heavy atom. The minimum atomic E-state index is -0.164. The first-order valence-electron chi connectivity index (χ1n) is 10.6. The number of amides is 3. The molecular formula is C24H30ClN3O2. The Morgan fingerprint density at radius 2 is 1.47 bits per heavy atom. The van der Waals surface area contributed by atoms with Crippen LogP contribution in [0.1, 0.15) is 47.2 Å². The third-order valence-electron chi connectivity index (χ3n) is 5.78. The highest BCUT2D eigenvalue weighted by molar-refractivity contribution is 6.31. The zero-order valence-corrected chi connectivity index (χ0v) is 18.2. The molecule has 3 N–H and O–H groups in total. The van der Waals surface area contributed by atoms with Crippen LogP contribution >= 0.6 is 11.6 Å². The normalized spacial score (nSPS) is 18.5. The molecule has 1 aliphatic rings. The molecule has 160 valence electrons. The fraction of sp³-hybridized carbons (Fsp3) is 0.417. The van der Waals surface area contributed by atoms with Crippen molar-refractivity contribution in [2.24, 2.45) is 11.8 Å². The Labute approximate surface area is 183 Å². The van der Waals surface area contributed by atoms with Crippen LogP contribution < -0.4 is 16.0 Å². The van der Waals surface area contributed by atoms with Gasteiger partial charge in [-0.3, -0.25) is 4.79 Å². The van der Waals surface area contributed by atoms with E-state index in [0.717, 1.165) is 36.8 Å². The smallest absolute Gasteiger partial charge is 0.315 e. The first-order valence-corrected chi connectivity index (χ1v) is 11.0. The lowest BCUT2D eigenvalue weighted by Crippen LogP contribution is -2.39. The molecule has 0 aromatic heterocycles. The average molecular weight is 428 g/mol. The molecule has 6 heteroatoms. The SMILES string of the molecule is Cc1ccc(C(=O)NCC2CCC(CNC(=O)NCc3ccccc3Cl)CC2)cc1. The average Bonchev–Trinajstić information content (AvgIpc) is 2.76. The van der Waals surface area contributed by atoms with E-state index in [1.807, 2.05) is 55.5 Å². The van der Waals surface area contributed by atoms with E-state index in [1.54, 1.807) is 0 Å². The zero-order chi connectivity index (χ0) is 21.3. The second-order valence-corrected chi connectivity index (χ2v) is 8.52. The van der Waals surface area contributed by atoms with E-state index in [-0.39, 0.29) is 11.9 Å². The highest BCUT2D eigenvalue weighted by Crippen LogP contribution is 2.28. The molecule has 1 aliphatic carbocycles. The monoisotopic (exact) mass is 427 g/mol. The molecule has 0 heterocycles. The van der Waals surface area contributed by atoms with E-state index < -0.39 is 0 Å². The van der Waals surface area contributed by atoms with Crippen LogP contribution in [0.25, 0.3) is 0 Å². The summed E-state index contributed by atoms with van der Waals surface area (Å²) < 4.78 is 0. The van der Waals surface area contributed by atoms with Crippen molar-refractivity contribution in [3.8, 4) is 0 Å². The van der Waals surface area contributed by atoms with Gasteiger partial charge in [-0.2, -0.15) is 0 Å². The largest absolute Gasteiger partial charge is 0.352 e. The second-order valence-electron chi connectivity index (χ2n) is 8.12. The van der Waals surface area contributed by atoms with Crippen LogP contribution in [0.4, 0.5) is 4.79 Å². The molecule has 30 heavy (non-hydrogen) atoms. The maximum atomic E-state index is 12.3. The van der Waals surface area contributed by atoms with Gasteiger partial charge in [0.15, 0.2) is 0 Å². The molecule has 0 spiro atoms. The lowest BCUT2D eigenvalue weighted by atomic mass is 9.82. The van der Waals surface area contributed by atoms with Crippen LogP contribution in [0.2, 0.25) is 5.02 Å². The summed E-state index contributed by atoms with van der Waals surface area (Å²) in [6, 6.07) is 15.0. The molecule has 1 saturated carbocycles. The summed E-state index contributed by atoms with van der Waals surface area (Å²) in [7, 11) is 0. The van der Waals surface area contributed by atoms with Gasteiger partial charge in [0.25, 0.3) is 5.91 Å². The Bertz CT molecular complexity index is 846. The van der Waals surface area contributed by atoms with E-state index in [4.69, 9.17) is 11.6 Å². The first-order chi connectivity index (χ1) is 14.5. The Hall–Kier alpha value is -2.53. The van der Waals surface area contributed by atoms with Crippen LogP contribution in [-0.2, 0) is 6.54 Å². The Kier molecular flexibility index (Phi) is 8.14. The molecule has 1 fully saturated rings. The van der Waals surface area contributed by atoms with Gasteiger partial charge in [0.1, 0.15) is 0 Å². The van der Waals surface area contributed by atoms with Gasteiger partial charge in [-0.15, -0.1) is 0 Å². The number of rotatable bonds is 7. The highest BCUT2D eigenvalue weighted by atomic mass is 35.5. The molecule has 0 atom stereocenters. The molecule has 3 amide bonds. The van der Waals surface area contributed by atoms with Gasteiger partial charge in [0.2, 0.25) is 0 Å². The standard InChI is InChI=1S/C24H30ClN3O2/c1-17-6-12-20(13-7-17)23(29)26-14-18-8-10-19(11-9-18)15-27-24(30)28-16-21-4-2-3-5-22(21)25/h2-7,12-13,18-19H,8-11,14-16H2,1H3,(H,26,29)(H2,27,28,30). The lowest BCUT2D eigenvalue weighted by molar-refractivity contribution is 0.0941. The molecule has 0 radical (unpaired) electrons. The summed E-state index contributed by atoms with van der Waals surface area (Å²) >= 11 is 6.11. The van der Waals surface area contributed by atoms with Crippen LogP contribution in [0.15, 0.2) is 48.5 Å². The molecule has 5 nitrogen and oxygen atoms in total. The van der Waals surface area contributed by atoms with E-state index >= 15 is 0 Å². The molecule has 0 saturated heterocycles. The van der Waals surface area contributed by atoms with E-state index in [0.29, 0.717) is 42.1 Å². The molecule has 0 unspecified atom stereocenters. The first kappa shape index (κ1) is 22.2. The van der Waals surface area contributed by atoms with Crippen LogP contribution in [-0.4, -0.2) is 25.0 Å². The predicted molar refractivity (Wildman–Crippen MR) is 121 cm³/mol. The number of nitrogens with one attached hydrogen (secondary N) is 3. The summed E-state index contributed by atoms with van der Waals surface area (Å²) in [5, 5.41) is 9.55. The van der Waals surface area contributed by atoms with Gasteiger partial charge in [0, 0.05) is 30.2 Å². The van der Waals surface area contributed by atoms with Gasteiger partial charge in [-0.1, -0.05) is 47.5 Å². The third-order valence-corrected chi connectivity index (χ3v) is 6.15. The maximum Gasteiger partial charge on any atom is 0.315 e. The second kappa shape index (κ2) is 11.0. The van der Waals surface area contributed by atoms with Crippen molar-refractivity contribution in [3.63, 3.8) is 0 Å². The summed E-state index contributed by atoms with van der Waals surface area (Å²) in [5.74, 6) is 0.985. The van der Waals surface area contributed by atoms with Crippen LogP contribution in [0, 0.1) is 18.8 Å². The number of halogens is 1. The minimum absolute atomic E-state index is 0.00557. The highest BCUT2D eigenvalue weighted by Gasteiger charge is 2.22. The third kappa shape index (κ3) is 6.77. The number of aryl methyl sites for hydroxylation is 1. The van der Waals surface area contributed by atoms with E-state index in [9.17, 15) is 9.59 Å². The van der Waals surface area contributed by atoms with Crippen molar-refractivity contribution < 1.29 is 9.59 Å². The van der Waals surface area contributed by atoms with E-state index in [2.05, 4.69) is 16.0 Å². The summed E-state index contributed by atoms with van der Waals surface area (Å²) in [5.41, 5.74) is 2.76. The molecule has 3 rings (SSSR count). The number of hydrogen-bond acceptors (Lipinski definition) is 2. The minimum Gasteiger partial charge on any atom is -0.352 e. The Morgan fingerprint density at radius 3 is 2.10 bits per heavy atom. The van der Waals surface area contributed by atoms with Crippen molar-refractivity contribution >= 4 is 23.5 Å². The number of carbonyl (C=O) groups is 2. The lowest BCUT2D eigenvalue weighted by Gasteiger charge is -2.28. The quantitative estimate of drug-likeness (QED) is 0.600. The van der Waals surface area contributed by atoms with Crippen molar-refractivity contribution in [3.05, 3.63) is 70.2 Å². The van der Waals surface area contributed by atoms with Gasteiger partial charge in [0.05, 0.1) is 0 Å². The fourth-order valence-electron chi connectivity index (χ4n) is 3.80. The maximum absolute atomic E-state index is 12.3. The summed E-state index contributed by atoms with van der Waals surface area (Å²) in [6.07, 6.45) is 4.27. The number of carbonyl (C=O) groups excluding carboxylic acids is 2. The van der Waals surface area contributed by atoms with Crippen molar-refractivity contribution in [1.29, 1.82) is 0 Å². The zero-order valence-electron chi connectivity index (χ0n) is 17.4. The number of urea groups is 1. The molecule has 0 aliphatic heterocycles. The topological polar surface area (TPSA) is 70.2 Å². The molecule has 0 bridgehead atoms. The summed E-state index contributed by atoms with van der Waals surface area (Å²) in [4.78, 5) is 24.3. The van der Waals surface area contributed by atoms with Gasteiger partial charge in [-0.25, -0.2) is 4.79 Å². The molecule has 2 aromatic carbocycles. The van der Waals surface area contributed by atoms with Crippen LogP contribution in [0.3, 0.4) is 0 Å². The van der Waals surface area contributed by atoms with Gasteiger partial charge in [-0.05, 0) is 68.2 Å². The number of hydrogen-bond donors (Lipinski definition) is 3. The van der Waals surface area contributed by atoms with Gasteiger partial charge >= 0.3 is 6.03 Å². The van der Waals surface area contributed by atoms with Crippen molar-refractivity contribution in [1.82, 2.24) is 16.0 Å². The Balaban J connectivity index is 1.30. The van der Waals surface area contributed by atoms with Crippen molar-refractivity contribution in [2.45, 2.75) is 39.2 Å². The molecular weight excluding hydrogens is 398 g/mol. The summed E-state index contributed by atoms with van der Waals surface area (Å²) in [6.45, 7) is 3.82. The van der Waals surface area contributed by atoms with Gasteiger partial charge < -0.3 is 16.0 Å².